The lowest BCUT2D eigenvalue weighted by atomic mass is 9.97. The number of nitrogen functional groups attached to an aromatic ring is 1. The van der Waals surface area contributed by atoms with Crippen molar-refractivity contribution in [1.29, 1.82) is 0 Å². The highest BCUT2D eigenvalue weighted by Gasteiger charge is 2.20. The Labute approximate surface area is 124 Å². The van der Waals surface area contributed by atoms with Crippen molar-refractivity contribution in [3.05, 3.63) is 33.9 Å². The molecule has 0 spiro atoms. The number of hydrogen-bond donors (Lipinski definition) is 2. The number of methoxy groups -OCH3 is 1. The Balaban J connectivity index is 1.97. The Morgan fingerprint density at radius 3 is 2.76 bits per heavy atom. The molecule has 0 bridgehead atoms. The number of nitrogens with two attached hydrogens (primary N) is 1. The van der Waals surface area contributed by atoms with E-state index in [0.29, 0.717) is 11.6 Å². The molecule has 2 rings (SSSR count). The largest absolute Gasteiger partial charge is 0.384 e. The van der Waals surface area contributed by atoms with Crippen LogP contribution in [0.25, 0.3) is 0 Å². The summed E-state index contributed by atoms with van der Waals surface area (Å²) >= 11 is 0. The monoisotopic (exact) mass is 294 g/mol. The fourth-order valence-corrected chi connectivity index (χ4v) is 2.75. The van der Waals surface area contributed by atoms with Gasteiger partial charge >= 0.3 is 0 Å². The van der Waals surface area contributed by atoms with Crippen molar-refractivity contribution in [2.24, 2.45) is 11.8 Å². The van der Waals surface area contributed by atoms with Gasteiger partial charge in [0.1, 0.15) is 5.69 Å². The summed E-state index contributed by atoms with van der Waals surface area (Å²) in [6, 6.07) is 5.13. The summed E-state index contributed by atoms with van der Waals surface area (Å²) in [4.78, 5) is 12.9. The van der Waals surface area contributed by atoms with Crippen LogP contribution in [0.1, 0.15) is 18.4 Å². The summed E-state index contributed by atoms with van der Waals surface area (Å²) < 4.78 is 5.19. The summed E-state index contributed by atoms with van der Waals surface area (Å²) in [7, 11) is 1.73. The van der Waals surface area contributed by atoms with Gasteiger partial charge in [0.25, 0.3) is 5.69 Å². The number of nitro benzene ring substituents is 1. The first-order chi connectivity index (χ1) is 10.1. The van der Waals surface area contributed by atoms with Crippen molar-refractivity contribution < 1.29 is 9.66 Å². The Kier molecular flexibility index (Phi) is 5.49. The highest BCUT2D eigenvalue weighted by molar-refractivity contribution is 5.61. The lowest BCUT2D eigenvalue weighted by Gasteiger charge is -2.31. The van der Waals surface area contributed by atoms with Crippen molar-refractivity contribution in [2.75, 3.05) is 32.2 Å². The first kappa shape index (κ1) is 15.7. The number of nitrogens with one attached hydrogen (secondary N) is 1. The number of nitro groups is 1. The molecule has 0 saturated carbocycles. The molecule has 1 aliphatic heterocycles. The molecule has 0 aromatic heterocycles. The zero-order chi connectivity index (χ0) is 15.2. The second-order valence-corrected chi connectivity index (χ2v) is 5.43. The maximum Gasteiger partial charge on any atom is 0.293 e. The average Bonchev–Trinajstić information content (AvgIpc) is 2.49. The van der Waals surface area contributed by atoms with Gasteiger partial charge in [-0.1, -0.05) is 6.07 Å². The first-order valence-corrected chi connectivity index (χ1v) is 7.09. The Morgan fingerprint density at radius 1 is 1.48 bits per heavy atom. The molecule has 0 aliphatic carbocycles. The smallest absolute Gasteiger partial charge is 0.293 e. The Hall–Kier alpha value is -1.70. The molecule has 21 heavy (non-hydrogen) atoms. The lowest BCUT2D eigenvalue weighted by Crippen LogP contribution is -2.34. The number of likely N-dealkylation sites (tertiary alicyclic amines) is 1. The van der Waals surface area contributed by atoms with Gasteiger partial charge in [-0.2, -0.15) is 0 Å². The van der Waals surface area contributed by atoms with E-state index in [0.717, 1.165) is 44.6 Å². The second kappa shape index (κ2) is 7.35. The topological polar surface area (TPSA) is 93.7 Å². The van der Waals surface area contributed by atoms with Gasteiger partial charge in [-0.3, -0.25) is 20.9 Å². The average molecular weight is 294 g/mol. The predicted octanol–water partition coefficient (Wildman–Crippen LogP) is 1.74. The number of benzene rings is 1. The number of rotatable bonds is 6. The molecule has 0 radical (unpaired) electrons. The second-order valence-electron chi connectivity index (χ2n) is 5.43. The van der Waals surface area contributed by atoms with Gasteiger partial charge in [-0.05, 0) is 43.5 Å². The van der Waals surface area contributed by atoms with E-state index in [-0.39, 0.29) is 5.69 Å². The molecular weight excluding hydrogens is 272 g/mol. The molecule has 0 amide bonds. The van der Waals surface area contributed by atoms with Crippen LogP contribution in [0.5, 0.6) is 0 Å². The maximum atomic E-state index is 11.0. The van der Waals surface area contributed by atoms with E-state index in [1.54, 1.807) is 19.2 Å². The van der Waals surface area contributed by atoms with Gasteiger partial charge < -0.3 is 10.2 Å². The molecule has 1 aliphatic rings. The van der Waals surface area contributed by atoms with Crippen molar-refractivity contribution in [1.82, 2.24) is 4.90 Å². The quantitative estimate of drug-likeness (QED) is 0.471. The molecule has 1 aromatic carbocycles. The summed E-state index contributed by atoms with van der Waals surface area (Å²) in [6.45, 7) is 3.54. The molecule has 1 heterocycles. The van der Waals surface area contributed by atoms with Gasteiger partial charge in [-0.15, -0.1) is 0 Å². The van der Waals surface area contributed by atoms with Crippen LogP contribution in [0.2, 0.25) is 0 Å². The van der Waals surface area contributed by atoms with Crippen LogP contribution in [-0.4, -0.2) is 36.6 Å². The van der Waals surface area contributed by atoms with Gasteiger partial charge in [0, 0.05) is 26.3 Å². The number of ether oxygens (including phenoxy) is 1. The maximum absolute atomic E-state index is 11.0. The summed E-state index contributed by atoms with van der Waals surface area (Å²) in [6.07, 6.45) is 2.22. The summed E-state index contributed by atoms with van der Waals surface area (Å²) in [5, 5.41) is 11.0. The van der Waals surface area contributed by atoms with E-state index < -0.39 is 4.92 Å². The molecule has 116 valence electrons. The van der Waals surface area contributed by atoms with Crippen LogP contribution < -0.4 is 11.3 Å². The fourth-order valence-electron chi connectivity index (χ4n) is 2.75. The minimum absolute atomic E-state index is 0.0178. The Bertz CT molecular complexity index is 487. The minimum atomic E-state index is -0.413. The number of hydrazine groups is 1. The van der Waals surface area contributed by atoms with E-state index >= 15 is 0 Å². The van der Waals surface area contributed by atoms with Gasteiger partial charge in [-0.25, -0.2) is 0 Å². The third kappa shape index (κ3) is 4.13. The predicted molar refractivity (Wildman–Crippen MR) is 80.8 cm³/mol. The minimum Gasteiger partial charge on any atom is -0.384 e. The third-order valence-corrected chi connectivity index (χ3v) is 3.93. The van der Waals surface area contributed by atoms with Crippen LogP contribution >= 0.6 is 0 Å². The zero-order valence-electron chi connectivity index (χ0n) is 12.2. The van der Waals surface area contributed by atoms with Gasteiger partial charge in [0.15, 0.2) is 0 Å². The fraction of sp³-hybridized carbons (Fsp3) is 0.571. The molecule has 0 atom stereocenters. The van der Waals surface area contributed by atoms with E-state index in [1.807, 2.05) is 6.07 Å². The number of piperidine rings is 1. The molecule has 3 N–H and O–H groups in total. The standard InChI is InChI=1S/C14H22N4O3/c1-21-10-11-4-6-17(7-5-11)9-12-2-3-13(16-15)14(8-12)18(19)20/h2-3,8,11,16H,4-7,9-10,15H2,1H3. The van der Waals surface area contributed by atoms with Crippen molar-refractivity contribution in [2.45, 2.75) is 19.4 Å². The van der Waals surface area contributed by atoms with Crippen molar-refractivity contribution >= 4 is 11.4 Å². The van der Waals surface area contributed by atoms with Crippen LogP contribution in [0, 0.1) is 16.0 Å². The molecule has 7 heteroatoms. The molecule has 1 aromatic rings. The molecule has 1 fully saturated rings. The first-order valence-electron chi connectivity index (χ1n) is 7.09. The normalized spacial score (nSPS) is 16.9. The molecule has 0 unspecified atom stereocenters. The van der Waals surface area contributed by atoms with E-state index in [4.69, 9.17) is 10.6 Å². The molecule has 7 nitrogen and oxygen atoms in total. The van der Waals surface area contributed by atoms with Crippen molar-refractivity contribution in [3.63, 3.8) is 0 Å². The number of hydrogen-bond acceptors (Lipinski definition) is 6. The zero-order valence-corrected chi connectivity index (χ0v) is 12.2. The van der Waals surface area contributed by atoms with Crippen LogP contribution in [0.4, 0.5) is 11.4 Å². The van der Waals surface area contributed by atoms with E-state index in [2.05, 4.69) is 10.3 Å². The number of nitrogens with zero attached hydrogens (tertiary/aromatic N) is 2. The lowest BCUT2D eigenvalue weighted by molar-refractivity contribution is -0.384. The summed E-state index contributed by atoms with van der Waals surface area (Å²) in [5.41, 5.74) is 3.65. The van der Waals surface area contributed by atoms with E-state index in [9.17, 15) is 10.1 Å². The van der Waals surface area contributed by atoms with E-state index in [1.165, 1.54) is 0 Å². The summed E-state index contributed by atoms with van der Waals surface area (Å²) in [5.74, 6) is 5.92. The Morgan fingerprint density at radius 2 is 2.19 bits per heavy atom. The van der Waals surface area contributed by atoms with Crippen LogP contribution in [0.15, 0.2) is 18.2 Å². The van der Waals surface area contributed by atoms with Gasteiger partial charge in [0.05, 0.1) is 4.92 Å². The highest BCUT2D eigenvalue weighted by Crippen LogP contribution is 2.26. The third-order valence-electron chi connectivity index (χ3n) is 3.93. The SMILES string of the molecule is COCC1CCN(Cc2ccc(NN)c([N+](=O)[O-])c2)CC1. The van der Waals surface area contributed by atoms with Crippen molar-refractivity contribution in [3.8, 4) is 0 Å². The molecular formula is C14H22N4O3. The highest BCUT2D eigenvalue weighted by atomic mass is 16.6. The van der Waals surface area contributed by atoms with Crippen LogP contribution in [-0.2, 0) is 11.3 Å². The van der Waals surface area contributed by atoms with Gasteiger partial charge in [0.2, 0.25) is 0 Å². The molecule has 1 saturated heterocycles. The number of anilines is 1. The van der Waals surface area contributed by atoms with Crippen LogP contribution in [0.3, 0.4) is 0 Å².